The predicted molar refractivity (Wildman–Crippen MR) is 97.1 cm³/mol. The number of sulfonamides is 1. The van der Waals surface area contributed by atoms with Crippen molar-refractivity contribution in [1.82, 2.24) is 14.6 Å². The van der Waals surface area contributed by atoms with E-state index in [-0.39, 0.29) is 31.5 Å². The van der Waals surface area contributed by atoms with Crippen LogP contribution in [-0.4, -0.2) is 36.4 Å². The van der Waals surface area contributed by atoms with Crippen LogP contribution in [0.2, 0.25) is 0 Å². The van der Waals surface area contributed by atoms with Crippen LogP contribution in [0.4, 0.5) is 0 Å². The molecule has 25 heavy (non-hydrogen) atoms. The molecule has 0 fully saturated rings. The van der Waals surface area contributed by atoms with Crippen LogP contribution in [-0.2, 0) is 21.4 Å². The van der Waals surface area contributed by atoms with Crippen molar-refractivity contribution in [3.63, 3.8) is 0 Å². The Hall–Kier alpha value is -2.25. The Bertz CT molecular complexity index is 780. The van der Waals surface area contributed by atoms with Gasteiger partial charge in [-0.25, -0.2) is 8.42 Å². The molecule has 0 aliphatic rings. The van der Waals surface area contributed by atoms with Gasteiger partial charge in [0.15, 0.2) is 0 Å². The van der Waals surface area contributed by atoms with Gasteiger partial charge in [-0.05, 0) is 24.6 Å². The molecule has 1 aromatic heterocycles. The molecule has 1 N–H and O–H groups in total. The summed E-state index contributed by atoms with van der Waals surface area (Å²) in [6.07, 6.45) is 2.85. The highest BCUT2D eigenvalue weighted by atomic mass is 32.2. The molecule has 2 rings (SSSR count). The highest BCUT2D eigenvalue weighted by Crippen LogP contribution is 2.12. The van der Waals surface area contributed by atoms with Gasteiger partial charge in [-0.2, -0.15) is 4.31 Å². The lowest BCUT2D eigenvalue weighted by atomic mass is 10.1. The maximum atomic E-state index is 12.2. The molecule has 0 aliphatic carbocycles. The van der Waals surface area contributed by atoms with Gasteiger partial charge in [0, 0.05) is 19.2 Å². The number of carbonyl (C=O) groups is 1. The Morgan fingerprint density at radius 2 is 1.84 bits per heavy atom. The average Bonchev–Trinajstić information content (AvgIpc) is 2.59. The van der Waals surface area contributed by atoms with E-state index in [0.717, 1.165) is 11.8 Å². The molecule has 0 spiro atoms. The maximum Gasteiger partial charge on any atom is 0.221 e. The van der Waals surface area contributed by atoms with Crippen molar-refractivity contribution in [3.8, 4) is 0 Å². The molecule has 7 heteroatoms. The van der Waals surface area contributed by atoms with Crippen molar-refractivity contribution in [2.24, 2.45) is 0 Å². The van der Waals surface area contributed by atoms with Gasteiger partial charge < -0.3 is 5.32 Å². The van der Waals surface area contributed by atoms with Crippen LogP contribution in [0.5, 0.6) is 0 Å². The number of aromatic nitrogens is 1. The summed E-state index contributed by atoms with van der Waals surface area (Å²) in [5.41, 5.74) is 1.65. The van der Waals surface area contributed by atoms with Gasteiger partial charge in [-0.1, -0.05) is 36.4 Å². The largest absolute Gasteiger partial charge is 0.350 e. The SMILES string of the molecule is CC(NC(=O)CCN(Cc1ccccn1)S(C)(=O)=O)c1ccccc1. The Kier molecular flexibility index (Phi) is 6.66. The van der Waals surface area contributed by atoms with E-state index >= 15 is 0 Å². The van der Waals surface area contributed by atoms with Crippen molar-refractivity contribution >= 4 is 15.9 Å². The Morgan fingerprint density at radius 1 is 1.16 bits per heavy atom. The molecule has 1 aromatic carbocycles. The van der Waals surface area contributed by atoms with Crippen LogP contribution in [0.15, 0.2) is 54.7 Å². The fraction of sp³-hybridized carbons (Fsp3) is 0.333. The Balaban J connectivity index is 1.92. The lowest BCUT2D eigenvalue weighted by Gasteiger charge is -2.20. The summed E-state index contributed by atoms with van der Waals surface area (Å²) in [7, 11) is -3.43. The minimum Gasteiger partial charge on any atom is -0.350 e. The predicted octanol–water partition coefficient (Wildman–Crippen LogP) is 2.11. The second-order valence-electron chi connectivity index (χ2n) is 5.87. The first-order chi connectivity index (χ1) is 11.9. The van der Waals surface area contributed by atoms with Crippen molar-refractivity contribution in [2.45, 2.75) is 25.9 Å². The van der Waals surface area contributed by atoms with Crippen LogP contribution in [0, 0.1) is 0 Å². The number of carbonyl (C=O) groups excluding carboxylic acids is 1. The number of nitrogens with zero attached hydrogens (tertiary/aromatic N) is 2. The minimum absolute atomic E-state index is 0.0943. The van der Waals surface area contributed by atoms with Crippen LogP contribution in [0.25, 0.3) is 0 Å². The van der Waals surface area contributed by atoms with Crippen LogP contribution >= 0.6 is 0 Å². The van der Waals surface area contributed by atoms with Crippen LogP contribution in [0.1, 0.15) is 30.6 Å². The first kappa shape index (κ1) is 19.1. The number of rotatable bonds is 8. The molecule has 6 nitrogen and oxygen atoms in total. The van der Waals surface area contributed by atoms with Gasteiger partial charge in [0.1, 0.15) is 0 Å². The molecule has 1 amide bonds. The lowest BCUT2D eigenvalue weighted by Crippen LogP contribution is -2.35. The molecule has 0 radical (unpaired) electrons. The summed E-state index contributed by atoms with van der Waals surface area (Å²) in [6, 6.07) is 14.8. The summed E-state index contributed by atoms with van der Waals surface area (Å²) in [4.78, 5) is 16.3. The van der Waals surface area contributed by atoms with E-state index < -0.39 is 10.0 Å². The van der Waals surface area contributed by atoms with Crippen molar-refractivity contribution < 1.29 is 13.2 Å². The highest BCUT2D eigenvalue weighted by Gasteiger charge is 2.19. The third-order valence-corrected chi connectivity index (χ3v) is 5.05. The zero-order valence-corrected chi connectivity index (χ0v) is 15.2. The topological polar surface area (TPSA) is 79.4 Å². The fourth-order valence-corrected chi connectivity index (χ4v) is 3.19. The first-order valence-electron chi connectivity index (χ1n) is 8.05. The molecule has 1 atom stereocenters. The van der Waals surface area contributed by atoms with Crippen LogP contribution < -0.4 is 5.32 Å². The van der Waals surface area contributed by atoms with Crippen molar-refractivity contribution in [2.75, 3.05) is 12.8 Å². The Morgan fingerprint density at radius 3 is 2.44 bits per heavy atom. The van der Waals surface area contributed by atoms with E-state index in [1.807, 2.05) is 37.3 Å². The van der Waals surface area contributed by atoms with Gasteiger partial charge in [0.2, 0.25) is 15.9 Å². The summed E-state index contributed by atoms with van der Waals surface area (Å²) in [5.74, 6) is -0.189. The molecule has 2 aromatic rings. The standard InChI is InChI=1S/C18H23N3O3S/c1-15(16-8-4-3-5-9-16)20-18(22)11-13-21(25(2,23)24)14-17-10-6-7-12-19-17/h3-10,12,15H,11,13-14H2,1-2H3,(H,20,22). The van der Waals surface area contributed by atoms with Crippen LogP contribution in [0.3, 0.4) is 0 Å². The molecule has 0 saturated heterocycles. The maximum absolute atomic E-state index is 12.2. The number of hydrogen-bond acceptors (Lipinski definition) is 4. The van der Waals surface area contributed by atoms with E-state index in [0.29, 0.717) is 5.69 Å². The number of benzene rings is 1. The summed E-state index contributed by atoms with van der Waals surface area (Å²) >= 11 is 0. The van der Waals surface area contributed by atoms with E-state index in [1.54, 1.807) is 24.4 Å². The zero-order chi connectivity index (χ0) is 18.3. The van der Waals surface area contributed by atoms with E-state index in [1.165, 1.54) is 4.31 Å². The average molecular weight is 361 g/mol. The summed E-state index contributed by atoms with van der Waals surface area (Å²) in [5, 5.41) is 2.89. The molecule has 0 bridgehead atoms. The van der Waals surface area contributed by atoms with Gasteiger partial charge in [-0.15, -0.1) is 0 Å². The molecule has 0 saturated carbocycles. The normalized spacial score (nSPS) is 12.8. The van der Waals surface area contributed by atoms with Gasteiger partial charge in [-0.3, -0.25) is 9.78 Å². The van der Waals surface area contributed by atoms with Crippen molar-refractivity contribution in [3.05, 3.63) is 66.0 Å². The molecule has 1 unspecified atom stereocenters. The van der Waals surface area contributed by atoms with E-state index in [2.05, 4.69) is 10.3 Å². The number of nitrogens with one attached hydrogen (secondary N) is 1. The molecule has 0 aliphatic heterocycles. The van der Waals surface area contributed by atoms with Gasteiger partial charge >= 0.3 is 0 Å². The molecule has 1 heterocycles. The fourth-order valence-electron chi connectivity index (χ4n) is 2.40. The second kappa shape index (κ2) is 8.73. The zero-order valence-electron chi connectivity index (χ0n) is 14.4. The number of amides is 1. The third kappa shape index (κ3) is 6.28. The summed E-state index contributed by atoms with van der Waals surface area (Å²) < 4.78 is 25.2. The molecular weight excluding hydrogens is 338 g/mol. The third-order valence-electron chi connectivity index (χ3n) is 3.80. The number of pyridine rings is 1. The van der Waals surface area contributed by atoms with E-state index in [4.69, 9.17) is 0 Å². The highest BCUT2D eigenvalue weighted by molar-refractivity contribution is 7.88. The Labute approximate surface area is 148 Å². The van der Waals surface area contributed by atoms with Gasteiger partial charge in [0.25, 0.3) is 0 Å². The quantitative estimate of drug-likeness (QED) is 0.781. The molecular formula is C18H23N3O3S. The number of hydrogen-bond donors (Lipinski definition) is 1. The van der Waals surface area contributed by atoms with Gasteiger partial charge in [0.05, 0.1) is 24.5 Å². The first-order valence-corrected chi connectivity index (χ1v) is 9.90. The lowest BCUT2D eigenvalue weighted by molar-refractivity contribution is -0.121. The summed E-state index contributed by atoms with van der Waals surface area (Å²) in [6.45, 7) is 2.17. The van der Waals surface area contributed by atoms with E-state index in [9.17, 15) is 13.2 Å². The minimum atomic E-state index is -3.43. The monoisotopic (exact) mass is 361 g/mol. The smallest absolute Gasteiger partial charge is 0.221 e. The van der Waals surface area contributed by atoms with Crippen molar-refractivity contribution in [1.29, 1.82) is 0 Å². The molecule has 134 valence electrons. The second-order valence-corrected chi connectivity index (χ2v) is 7.85.